The fourth-order valence-corrected chi connectivity index (χ4v) is 4.77. The minimum Gasteiger partial charge on any atom is -0.493 e. The average molecular weight is 391 g/mol. The predicted molar refractivity (Wildman–Crippen MR) is 98.4 cm³/mol. The molecule has 8 heteroatoms. The van der Waals surface area contributed by atoms with E-state index in [0.29, 0.717) is 42.6 Å². The minimum atomic E-state index is -3.71. The number of ether oxygens (including phenoxy) is 4. The number of hydrogen-bond donors (Lipinski definition) is 1. The van der Waals surface area contributed by atoms with Gasteiger partial charge in [0, 0.05) is 12.1 Å². The third-order valence-corrected chi connectivity index (χ3v) is 6.31. The van der Waals surface area contributed by atoms with Gasteiger partial charge in [-0.3, -0.25) is 0 Å². The van der Waals surface area contributed by atoms with Crippen molar-refractivity contribution in [1.29, 1.82) is 0 Å². The summed E-state index contributed by atoms with van der Waals surface area (Å²) in [5.41, 5.74) is 1.97. The molecule has 4 rings (SSSR count). The van der Waals surface area contributed by atoms with Crippen LogP contribution in [0.2, 0.25) is 0 Å². The van der Waals surface area contributed by atoms with Gasteiger partial charge >= 0.3 is 0 Å². The van der Waals surface area contributed by atoms with Crippen molar-refractivity contribution in [3.8, 4) is 23.0 Å². The lowest BCUT2D eigenvalue weighted by atomic mass is 10.1. The second-order valence-corrected chi connectivity index (χ2v) is 8.14. The first-order chi connectivity index (χ1) is 13.0. The number of nitrogens with one attached hydrogen (secondary N) is 1. The predicted octanol–water partition coefficient (Wildman–Crippen LogP) is 2.44. The van der Waals surface area contributed by atoms with Crippen molar-refractivity contribution >= 4 is 10.0 Å². The van der Waals surface area contributed by atoms with Gasteiger partial charge in [0.15, 0.2) is 23.0 Å². The maximum atomic E-state index is 12.9. The summed E-state index contributed by atoms with van der Waals surface area (Å²) in [5.74, 6) is 2.24. The smallest absolute Gasteiger partial charge is 0.241 e. The molecule has 0 radical (unpaired) electrons. The highest BCUT2D eigenvalue weighted by molar-refractivity contribution is 7.89. The van der Waals surface area contributed by atoms with Crippen LogP contribution in [0.15, 0.2) is 35.2 Å². The van der Waals surface area contributed by atoms with E-state index in [0.717, 1.165) is 17.5 Å². The average Bonchev–Trinajstić information content (AvgIpc) is 3.07. The Morgan fingerprint density at radius 3 is 2.44 bits per heavy atom. The van der Waals surface area contributed by atoms with Crippen LogP contribution in [0.3, 0.4) is 0 Å². The Morgan fingerprint density at radius 1 is 1.00 bits per heavy atom. The first-order valence-corrected chi connectivity index (χ1v) is 10.2. The molecule has 0 bridgehead atoms. The summed E-state index contributed by atoms with van der Waals surface area (Å²) < 4.78 is 50.2. The molecule has 1 heterocycles. The highest BCUT2D eigenvalue weighted by Crippen LogP contribution is 2.40. The van der Waals surface area contributed by atoms with Gasteiger partial charge in [0.2, 0.25) is 10.0 Å². The number of methoxy groups -OCH3 is 2. The van der Waals surface area contributed by atoms with Crippen molar-refractivity contribution < 1.29 is 27.4 Å². The van der Waals surface area contributed by atoms with E-state index in [1.165, 1.54) is 12.1 Å². The van der Waals surface area contributed by atoms with Crippen molar-refractivity contribution in [2.75, 3.05) is 27.4 Å². The molecule has 27 heavy (non-hydrogen) atoms. The number of benzene rings is 2. The van der Waals surface area contributed by atoms with Gasteiger partial charge in [0.25, 0.3) is 0 Å². The molecule has 1 N–H and O–H groups in total. The van der Waals surface area contributed by atoms with Gasteiger partial charge in [-0.2, -0.15) is 0 Å². The van der Waals surface area contributed by atoms with Crippen molar-refractivity contribution in [3.63, 3.8) is 0 Å². The Bertz CT molecular complexity index is 972. The Labute approximate surface area is 158 Å². The van der Waals surface area contributed by atoms with Gasteiger partial charge in [-0.25, -0.2) is 13.1 Å². The van der Waals surface area contributed by atoms with E-state index in [9.17, 15) is 8.42 Å². The molecule has 2 aromatic carbocycles. The zero-order valence-electron chi connectivity index (χ0n) is 15.2. The van der Waals surface area contributed by atoms with E-state index < -0.39 is 10.0 Å². The number of aryl methyl sites for hydroxylation is 1. The van der Waals surface area contributed by atoms with Crippen LogP contribution < -0.4 is 23.7 Å². The van der Waals surface area contributed by atoms with E-state index in [-0.39, 0.29) is 10.9 Å². The van der Waals surface area contributed by atoms with Crippen LogP contribution in [0.4, 0.5) is 0 Å². The minimum absolute atomic E-state index is 0.153. The molecule has 0 amide bonds. The number of sulfonamides is 1. The summed E-state index contributed by atoms with van der Waals surface area (Å²) >= 11 is 0. The monoisotopic (exact) mass is 391 g/mol. The fraction of sp³-hybridized carbons (Fsp3) is 0.368. The third-order valence-electron chi connectivity index (χ3n) is 4.84. The summed E-state index contributed by atoms with van der Waals surface area (Å²) in [7, 11) is -0.565. The van der Waals surface area contributed by atoms with Gasteiger partial charge in [-0.05, 0) is 48.2 Å². The summed E-state index contributed by atoms with van der Waals surface area (Å²) in [6.45, 7) is 0.864. The number of fused-ring (bicyclic) bond motifs is 2. The van der Waals surface area contributed by atoms with Gasteiger partial charge < -0.3 is 18.9 Å². The molecule has 0 saturated heterocycles. The van der Waals surface area contributed by atoms with Gasteiger partial charge in [0.1, 0.15) is 13.2 Å². The molecule has 1 aliphatic carbocycles. The second kappa shape index (κ2) is 6.94. The highest BCUT2D eigenvalue weighted by Gasteiger charge is 2.30. The van der Waals surface area contributed by atoms with Crippen LogP contribution >= 0.6 is 0 Å². The standard InChI is InChI=1S/C19H21NO6S/c1-23-17-9-12-3-5-15(14(12)11-18(17)24-2)20-27(21,22)13-4-6-16-19(10-13)26-8-7-25-16/h4,6,9-11,15,20H,3,5,7-8H2,1-2H3. The Morgan fingerprint density at radius 2 is 1.70 bits per heavy atom. The van der Waals surface area contributed by atoms with Gasteiger partial charge in [-0.15, -0.1) is 0 Å². The first-order valence-electron chi connectivity index (χ1n) is 8.68. The molecule has 7 nitrogen and oxygen atoms in total. The van der Waals surface area contributed by atoms with E-state index in [2.05, 4.69) is 4.72 Å². The second-order valence-electron chi connectivity index (χ2n) is 6.42. The van der Waals surface area contributed by atoms with Crippen LogP contribution in [0.1, 0.15) is 23.6 Å². The maximum absolute atomic E-state index is 12.9. The Hall–Kier alpha value is -2.45. The van der Waals surface area contributed by atoms with Crippen molar-refractivity contribution in [2.24, 2.45) is 0 Å². The lowest BCUT2D eigenvalue weighted by Gasteiger charge is -2.20. The van der Waals surface area contributed by atoms with E-state index in [1.54, 1.807) is 20.3 Å². The van der Waals surface area contributed by atoms with Crippen LogP contribution in [-0.2, 0) is 16.4 Å². The van der Waals surface area contributed by atoms with Crippen LogP contribution in [0, 0.1) is 0 Å². The molecule has 2 aliphatic rings. The normalized spacial score (nSPS) is 18.1. The summed E-state index contributed by atoms with van der Waals surface area (Å²) in [5, 5.41) is 0. The molecule has 144 valence electrons. The molecule has 1 unspecified atom stereocenters. The third kappa shape index (κ3) is 3.30. The Balaban J connectivity index is 1.62. The van der Waals surface area contributed by atoms with Crippen LogP contribution in [0.25, 0.3) is 0 Å². The zero-order chi connectivity index (χ0) is 19.0. The van der Waals surface area contributed by atoms with Crippen molar-refractivity contribution in [3.05, 3.63) is 41.5 Å². The van der Waals surface area contributed by atoms with Gasteiger partial charge in [-0.1, -0.05) is 0 Å². The molecule has 0 saturated carbocycles. The van der Waals surface area contributed by atoms with Crippen molar-refractivity contribution in [2.45, 2.75) is 23.8 Å². The molecule has 1 atom stereocenters. The van der Waals surface area contributed by atoms with Crippen LogP contribution in [0.5, 0.6) is 23.0 Å². The lowest BCUT2D eigenvalue weighted by molar-refractivity contribution is 0.171. The molecule has 0 spiro atoms. The fourth-order valence-electron chi connectivity index (χ4n) is 3.50. The summed E-state index contributed by atoms with van der Waals surface area (Å²) in [4.78, 5) is 0.153. The summed E-state index contributed by atoms with van der Waals surface area (Å²) in [6.07, 6.45) is 1.44. The Kier molecular flexibility index (Phi) is 4.61. The molecular formula is C19H21NO6S. The molecule has 0 fully saturated rings. The van der Waals surface area contributed by atoms with E-state index in [1.807, 2.05) is 12.1 Å². The van der Waals surface area contributed by atoms with Crippen molar-refractivity contribution in [1.82, 2.24) is 4.72 Å². The van der Waals surface area contributed by atoms with Crippen LogP contribution in [-0.4, -0.2) is 35.9 Å². The van der Waals surface area contributed by atoms with E-state index in [4.69, 9.17) is 18.9 Å². The largest absolute Gasteiger partial charge is 0.493 e. The molecule has 2 aromatic rings. The topological polar surface area (TPSA) is 83.1 Å². The SMILES string of the molecule is COc1cc2c(cc1OC)C(NS(=O)(=O)c1ccc3c(c1)OCCO3)CC2. The molecular weight excluding hydrogens is 370 g/mol. The molecule has 1 aliphatic heterocycles. The number of rotatable bonds is 5. The van der Waals surface area contributed by atoms with E-state index >= 15 is 0 Å². The maximum Gasteiger partial charge on any atom is 0.241 e. The zero-order valence-corrected chi connectivity index (χ0v) is 16.0. The quantitative estimate of drug-likeness (QED) is 0.843. The number of hydrogen-bond acceptors (Lipinski definition) is 6. The lowest BCUT2D eigenvalue weighted by Crippen LogP contribution is -2.27. The highest BCUT2D eigenvalue weighted by atomic mass is 32.2. The summed E-state index contributed by atoms with van der Waals surface area (Å²) in [6, 6.07) is 8.09. The molecule has 0 aromatic heterocycles. The first kappa shape index (κ1) is 17.9. The van der Waals surface area contributed by atoms with Gasteiger partial charge in [0.05, 0.1) is 19.1 Å².